The van der Waals surface area contributed by atoms with E-state index in [1.165, 1.54) is 20.2 Å². The first-order chi connectivity index (χ1) is 13.3. The smallest absolute Gasteiger partial charge is 0.261 e. The van der Waals surface area contributed by atoms with Crippen molar-refractivity contribution in [3.05, 3.63) is 53.1 Å². The van der Waals surface area contributed by atoms with Crippen LogP contribution in [0.5, 0.6) is 0 Å². The highest BCUT2D eigenvalue weighted by Gasteiger charge is 2.22. The van der Waals surface area contributed by atoms with Crippen molar-refractivity contribution < 1.29 is 16.8 Å². The summed E-state index contributed by atoms with van der Waals surface area (Å²) in [6.45, 7) is 7.81. The van der Waals surface area contributed by atoms with Crippen molar-refractivity contribution in [1.82, 2.24) is 4.31 Å². The highest BCUT2D eigenvalue weighted by Crippen LogP contribution is 2.27. The summed E-state index contributed by atoms with van der Waals surface area (Å²) in [6.07, 6.45) is 1.93. The number of nitrogens with one attached hydrogen (secondary N) is 1. The summed E-state index contributed by atoms with van der Waals surface area (Å²) in [5, 5.41) is 0. The minimum atomic E-state index is -3.84. The standard InChI is InChI=1S/C21H30N2O4S2/c1-15(2)7-8-18-9-11-19(12-10-18)28(24,25)22-21-14-20(13-16(3)17(21)4)29(26,27)23(5)6/h9-15,22H,7-8H2,1-6H3. The lowest BCUT2D eigenvalue weighted by atomic mass is 10.0. The van der Waals surface area contributed by atoms with Crippen molar-refractivity contribution in [3.8, 4) is 0 Å². The van der Waals surface area contributed by atoms with Crippen molar-refractivity contribution in [2.24, 2.45) is 5.92 Å². The van der Waals surface area contributed by atoms with Gasteiger partial charge in [-0.3, -0.25) is 4.72 Å². The molecule has 29 heavy (non-hydrogen) atoms. The van der Waals surface area contributed by atoms with E-state index in [2.05, 4.69) is 18.6 Å². The molecular weight excluding hydrogens is 408 g/mol. The number of nitrogens with zero attached hydrogens (tertiary/aromatic N) is 1. The molecule has 0 fully saturated rings. The van der Waals surface area contributed by atoms with Gasteiger partial charge in [-0.2, -0.15) is 0 Å². The highest BCUT2D eigenvalue weighted by atomic mass is 32.2. The Morgan fingerprint density at radius 2 is 1.52 bits per heavy atom. The number of hydrogen-bond donors (Lipinski definition) is 1. The van der Waals surface area contributed by atoms with Crippen LogP contribution in [0.25, 0.3) is 0 Å². The summed E-state index contributed by atoms with van der Waals surface area (Å²) in [6, 6.07) is 9.73. The number of aryl methyl sites for hydroxylation is 2. The molecule has 0 bridgehead atoms. The molecule has 160 valence electrons. The maximum atomic E-state index is 12.9. The minimum Gasteiger partial charge on any atom is -0.279 e. The summed E-state index contributed by atoms with van der Waals surface area (Å²) in [4.78, 5) is 0.191. The molecule has 8 heteroatoms. The van der Waals surface area contributed by atoms with E-state index in [1.54, 1.807) is 32.0 Å². The lowest BCUT2D eigenvalue weighted by molar-refractivity contribution is 0.520. The number of anilines is 1. The number of benzene rings is 2. The maximum absolute atomic E-state index is 12.9. The maximum Gasteiger partial charge on any atom is 0.261 e. The fourth-order valence-electron chi connectivity index (χ4n) is 2.79. The van der Waals surface area contributed by atoms with Gasteiger partial charge in [-0.1, -0.05) is 26.0 Å². The molecule has 6 nitrogen and oxygen atoms in total. The lowest BCUT2D eigenvalue weighted by Gasteiger charge is -2.17. The molecular formula is C21H30N2O4S2. The molecule has 0 aliphatic carbocycles. The predicted molar refractivity (Wildman–Crippen MR) is 117 cm³/mol. The average molecular weight is 439 g/mol. The van der Waals surface area contributed by atoms with Crippen LogP contribution in [0, 0.1) is 19.8 Å². The summed E-state index contributed by atoms with van der Waals surface area (Å²) in [5.74, 6) is 0.581. The Kier molecular flexibility index (Phi) is 7.14. The van der Waals surface area contributed by atoms with Crippen molar-refractivity contribution >= 4 is 25.7 Å². The first-order valence-electron chi connectivity index (χ1n) is 9.50. The summed E-state index contributed by atoms with van der Waals surface area (Å²) >= 11 is 0. The van der Waals surface area contributed by atoms with Gasteiger partial charge in [-0.05, 0) is 73.6 Å². The van der Waals surface area contributed by atoms with Crippen molar-refractivity contribution in [1.29, 1.82) is 0 Å². The molecule has 0 aromatic heterocycles. The van der Waals surface area contributed by atoms with Gasteiger partial charge in [0.2, 0.25) is 10.0 Å². The van der Waals surface area contributed by atoms with Crippen LogP contribution >= 0.6 is 0 Å². The zero-order valence-electron chi connectivity index (χ0n) is 17.9. The number of sulfonamides is 2. The van der Waals surface area contributed by atoms with E-state index in [9.17, 15) is 16.8 Å². The topological polar surface area (TPSA) is 83.6 Å². The molecule has 0 saturated carbocycles. The van der Waals surface area contributed by atoms with E-state index in [-0.39, 0.29) is 15.5 Å². The quantitative estimate of drug-likeness (QED) is 0.677. The van der Waals surface area contributed by atoms with E-state index in [4.69, 9.17) is 0 Å². The predicted octanol–water partition coefficient (Wildman–Crippen LogP) is 3.94. The van der Waals surface area contributed by atoms with Crippen LogP contribution in [-0.2, 0) is 26.5 Å². The Hall–Kier alpha value is -1.90. The van der Waals surface area contributed by atoms with Gasteiger partial charge in [-0.25, -0.2) is 21.1 Å². The lowest BCUT2D eigenvalue weighted by Crippen LogP contribution is -2.23. The zero-order chi connectivity index (χ0) is 22.0. The molecule has 0 aliphatic heterocycles. The van der Waals surface area contributed by atoms with E-state index in [1.807, 2.05) is 12.1 Å². The van der Waals surface area contributed by atoms with E-state index >= 15 is 0 Å². The largest absolute Gasteiger partial charge is 0.279 e. The van der Waals surface area contributed by atoms with Crippen molar-refractivity contribution in [3.63, 3.8) is 0 Å². The van der Waals surface area contributed by atoms with Gasteiger partial charge < -0.3 is 0 Å². The van der Waals surface area contributed by atoms with Crippen LogP contribution in [0.1, 0.15) is 37.0 Å². The van der Waals surface area contributed by atoms with Gasteiger partial charge in [-0.15, -0.1) is 0 Å². The van der Waals surface area contributed by atoms with E-state index in [0.717, 1.165) is 22.7 Å². The molecule has 0 amide bonds. The van der Waals surface area contributed by atoms with E-state index < -0.39 is 20.0 Å². The molecule has 0 atom stereocenters. The number of hydrogen-bond acceptors (Lipinski definition) is 4. The van der Waals surface area contributed by atoms with Gasteiger partial charge in [0.05, 0.1) is 15.5 Å². The minimum absolute atomic E-state index is 0.0485. The molecule has 0 saturated heterocycles. The first kappa shape index (κ1) is 23.4. The second-order valence-corrected chi connectivity index (χ2v) is 11.7. The Morgan fingerprint density at radius 1 is 0.931 bits per heavy atom. The van der Waals surface area contributed by atoms with Crippen LogP contribution in [0.3, 0.4) is 0 Å². The number of rotatable bonds is 8. The normalized spacial score (nSPS) is 12.6. The van der Waals surface area contributed by atoms with Crippen LogP contribution in [-0.4, -0.2) is 35.2 Å². The third-order valence-electron chi connectivity index (χ3n) is 4.91. The molecule has 0 radical (unpaired) electrons. The van der Waals surface area contributed by atoms with Crippen LogP contribution in [0.4, 0.5) is 5.69 Å². The van der Waals surface area contributed by atoms with Gasteiger partial charge in [0, 0.05) is 14.1 Å². The molecule has 0 aliphatic rings. The van der Waals surface area contributed by atoms with Gasteiger partial charge in [0.25, 0.3) is 10.0 Å². The molecule has 0 heterocycles. The van der Waals surface area contributed by atoms with Crippen LogP contribution in [0.2, 0.25) is 0 Å². The average Bonchev–Trinajstić information content (AvgIpc) is 2.63. The van der Waals surface area contributed by atoms with E-state index in [0.29, 0.717) is 17.0 Å². The fourth-order valence-corrected chi connectivity index (χ4v) is 4.91. The Bertz CT molecular complexity index is 1070. The van der Waals surface area contributed by atoms with Crippen molar-refractivity contribution in [2.45, 2.75) is 50.3 Å². The molecule has 2 rings (SSSR count). The second-order valence-electron chi connectivity index (χ2n) is 7.88. The Balaban J connectivity index is 2.36. The van der Waals surface area contributed by atoms with Crippen LogP contribution < -0.4 is 4.72 Å². The van der Waals surface area contributed by atoms with Gasteiger partial charge in [0.15, 0.2) is 0 Å². The SMILES string of the molecule is Cc1cc(S(=O)(=O)N(C)C)cc(NS(=O)(=O)c2ccc(CCC(C)C)cc2)c1C. The Labute approximate surface area is 175 Å². The molecule has 2 aromatic carbocycles. The molecule has 1 N–H and O–H groups in total. The first-order valence-corrected chi connectivity index (χ1v) is 12.4. The van der Waals surface area contributed by atoms with Crippen molar-refractivity contribution in [2.75, 3.05) is 18.8 Å². The molecule has 2 aromatic rings. The summed E-state index contributed by atoms with van der Waals surface area (Å²) in [5.41, 5.74) is 2.72. The third kappa shape index (κ3) is 5.58. The monoisotopic (exact) mass is 438 g/mol. The van der Waals surface area contributed by atoms with Crippen LogP contribution in [0.15, 0.2) is 46.2 Å². The third-order valence-corrected chi connectivity index (χ3v) is 8.08. The summed E-state index contributed by atoms with van der Waals surface area (Å²) in [7, 11) is -4.64. The molecule has 0 unspecified atom stereocenters. The Morgan fingerprint density at radius 3 is 2.03 bits per heavy atom. The zero-order valence-corrected chi connectivity index (χ0v) is 19.5. The summed E-state index contributed by atoms with van der Waals surface area (Å²) < 4.78 is 54.3. The van der Waals surface area contributed by atoms with Gasteiger partial charge >= 0.3 is 0 Å². The highest BCUT2D eigenvalue weighted by molar-refractivity contribution is 7.92. The molecule has 0 spiro atoms. The second kappa shape index (κ2) is 8.85. The fraction of sp³-hybridized carbons (Fsp3) is 0.429. The van der Waals surface area contributed by atoms with Gasteiger partial charge in [0.1, 0.15) is 0 Å².